The number of hydrogen-bond acceptors (Lipinski definition) is 4. The summed E-state index contributed by atoms with van der Waals surface area (Å²) < 4.78 is 4.25. The van der Waals surface area contributed by atoms with Crippen molar-refractivity contribution in [2.75, 3.05) is 0 Å². The molecule has 0 aromatic heterocycles. The topological polar surface area (TPSA) is 66.4 Å². The fraction of sp³-hybridized carbons (Fsp3) is 0.273. The Morgan fingerprint density at radius 3 is 2.27 bits per heavy atom. The van der Waals surface area contributed by atoms with Crippen LogP contribution in [0.2, 0.25) is 0 Å². The van der Waals surface area contributed by atoms with E-state index in [1.54, 1.807) is 24.3 Å². The van der Waals surface area contributed by atoms with E-state index in [0.29, 0.717) is 5.56 Å². The maximum absolute atomic E-state index is 11.6. The lowest BCUT2D eigenvalue weighted by atomic mass is 10.1. The molecule has 15 heavy (non-hydrogen) atoms. The normalized spacial score (nSPS) is 11.9. The molecule has 0 heterocycles. The molecule has 0 saturated heterocycles. The Labute approximate surface area is 87.5 Å². The molecule has 0 saturated carbocycles. The first-order valence-corrected chi connectivity index (χ1v) is 4.49. The zero-order chi connectivity index (χ0) is 11.4. The third-order valence-corrected chi connectivity index (χ3v) is 1.98. The summed E-state index contributed by atoms with van der Waals surface area (Å²) in [5.41, 5.74) is 1.45. The molecule has 1 rings (SSSR count). The summed E-state index contributed by atoms with van der Waals surface area (Å²) in [6, 6.07) is 6.82. The fourth-order valence-electron chi connectivity index (χ4n) is 1.15. The fourth-order valence-corrected chi connectivity index (χ4v) is 1.15. The zero-order valence-corrected chi connectivity index (χ0v) is 8.52. The van der Waals surface area contributed by atoms with E-state index >= 15 is 0 Å². The van der Waals surface area contributed by atoms with E-state index in [-0.39, 0.29) is 5.78 Å². The van der Waals surface area contributed by atoms with E-state index in [4.69, 9.17) is 0 Å². The summed E-state index contributed by atoms with van der Waals surface area (Å²) in [7, 11) is 0. The molecule has 0 aliphatic carbocycles. The van der Waals surface area contributed by atoms with Crippen LogP contribution < -0.4 is 5.11 Å². The van der Waals surface area contributed by atoms with Gasteiger partial charge in [0.2, 0.25) is 0 Å². The minimum Gasteiger partial charge on any atom is -0.538 e. The van der Waals surface area contributed by atoms with E-state index in [2.05, 4.69) is 4.74 Å². The van der Waals surface area contributed by atoms with Crippen LogP contribution >= 0.6 is 0 Å². The summed E-state index contributed by atoms with van der Waals surface area (Å²) in [4.78, 5) is 21.7. The standard InChI is InChI=1S/C11H12O4/c1-7-3-5-9(6-4-7)10(12)8(2)15-11(13)14/h3-6,8H,1-2H3,(H,13,14)/p-1. The van der Waals surface area contributed by atoms with Crippen molar-refractivity contribution in [1.29, 1.82) is 0 Å². The molecule has 4 nitrogen and oxygen atoms in total. The van der Waals surface area contributed by atoms with Crippen LogP contribution in [0.1, 0.15) is 22.8 Å². The molecule has 0 amide bonds. The molecule has 0 aliphatic rings. The van der Waals surface area contributed by atoms with Crippen LogP contribution in [0.4, 0.5) is 4.79 Å². The van der Waals surface area contributed by atoms with Crippen molar-refractivity contribution in [3.05, 3.63) is 35.4 Å². The summed E-state index contributed by atoms with van der Waals surface area (Å²) in [5, 5.41) is 10.1. The van der Waals surface area contributed by atoms with Gasteiger partial charge in [-0.25, -0.2) is 0 Å². The van der Waals surface area contributed by atoms with E-state index in [0.717, 1.165) is 5.56 Å². The van der Waals surface area contributed by atoms with Crippen LogP contribution in [0, 0.1) is 6.92 Å². The highest BCUT2D eigenvalue weighted by Crippen LogP contribution is 2.08. The number of hydrogen-bond donors (Lipinski definition) is 0. The molecule has 4 heteroatoms. The molecule has 1 aromatic carbocycles. The van der Waals surface area contributed by atoms with Gasteiger partial charge in [0.1, 0.15) is 6.10 Å². The van der Waals surface area contributed by atoms with Gasteiger partial charge in [-0.1, -0.05) is 29.8 Å². The van der Waals surface area contributed by atoms with Gasteiger partial charge < -0.3 is 14.6 Å². The maximum atomic E-state index is 11.6. The lowest BCUT2D eigenvalue weighted by Crippen LogP contribution is -2.32. The first kappa shape index (κ1) is 11.2. The molecule has 0 fully saturated rings. The van der Waals surface area contributed by atoms with Crippen molar-refractivity contribution in [3.63, 3.8) is 0 Å². The SMILES string of the molecule is Cc1ccc(C(=O)C(C)OC(=O)[O-])cc1. The van der Waals surface area contributed by atoms with Gasteiger partial charge in [0, 0.05) is 5.56 Å². The number of carbonyl (C=O) groups excluding carboxylic acids is 2. The number of ether oxygens (including phenoxy) is 1. The third kappa shape index (κ3) is 3.09. The number of carboxylic acid groups (broad SMARTS) is 1. The van der Waals surface area contributed by atoms with Crippen molar-refractivity contribution >= 4 is 11.9 Å². The van der Waals surface area contributed by atoms with Crippen LogP contribution in [0.25, 0.3) is 0 Å². The van der Waals surface area contributed by atoms with Gasteiger partial charge in [-0.15, -0.1) is 0 Å². The first-order chi connectivity index (χ1) is 7.00. The van der Waals surface area contributed by atoms with Gasteiger partial charge in [-0.2, -0.15) is 0 Å². The van der Waals surface area contributed by atoms with Crippen LogP contribution in [-0.2, 0) is 4.74 Å². The lowest BCUT2D eigenvalue weighted by molar-refractivity contribution is -0.284. The monoisotopic (exact) mass is 207 g/mol. The molecule has 1 aromatic rings. The summed E-state index contributed by atoms with van der Waals surface area (Å²) in [5.74, 6) is -0.376. The predicted molar refractivity (Wildman–Crippen MR) is 51.5 cm³/mol. The van der Waals surface area contributed by atoms with E-state index in [1.807, 2.05) is 6.92 Å². The number of rotatable bonds is 3. The largest absolute Gasteiger partial charge is 0.538 e. The second kappa shape index (κ2) is 4.59. The first-order valence-electron chi connectivity index (χ1n) is 4.49. The second-order valence-electron chi connectivity index (χ2n) is 3.24. The highest BCUT2D eigenvalue weighted by atomic mass is 16.7. The maximum Gasteiger partial charge on any atom is 0.252 e. The molecule has 0 spiro atoms. The molecule has 80 valence electrons. The molecular formula is C11H11O4-. The molecular weight excluding hydrogens is 196 g/mol. The highest BCUT2D eigenvalue weighted by molar-refractivity contribution is 5.99. The number of carbonyl (C=O) groups is 2. The Balaban J connectivity index is 2.76. The smallest absolute Gasteiger partial charge is 0.252 e. The molecule has 0 N–H and O–H groups in total. The van der Waals surface area contributed by atoms with Crippen molar-refractivity contribution in [3.8, 4) is 0 Å². The average molecular weight is 207 g/mol. The molecule has 1 atom stereocenters. The van der Waals surface area contributed by atoms with Crippen LogP contribution in [-0.4, -0.2) is 18.0 Å². The predicted octanol–water partition coefficient (Wildman–Crippen LogP) is 0.926. The number of aryl methyl sites for hydroxylation is 1. The van der Waals surface area contributed by atoms with Gasteiger partial charge in [0.15, 0.2) is 5.78 Å². The Bertz CT molecular complexity index is 367. The van der Waals surface area contributed by atoms with Crippen LogP contribution in [0.3, 0.4) is 0 Å². The van der Waals surface area contributed by atoms with Gasteiger partial charge in [-0.3, -0.25) is 4.79 Å². The second-order valence-corrected chi connectivity index (χ2v) is 3.24. The van der Waals surface area contributed by atoms with E-state index < -0.39 is 12.3 Å². The van der Waals surface area contributed by atoms with Gasteiger partial charge >= 0.3 is 0 Å². The minimum absolute atomic E-state index is 0.376. The van der Waals surface area contributed by atoms with Crippen molar-refractivity contribution < 1.29 is 19.4 Å². The van der Waals surface area contributed by atoms with Gasteiger partial charge in [0.25, 0.3) is 6.16 Å². The Hall–Kier alpha value is -1.84. The molecule has 0 aliphatic heterocycles. The van der Waals surface area contributed by atoms with Gasteiger partial charge in [0.05, 0.1) is 0 Å². The Morgan fingerprint density at radius 1 is 1.27 bits per heavy atom. The van der Waals surface area contributed by atoms with Crippen molar-refractivity contribution in [2.24, 2.45) is 0 Å². The Morgan fingerprint density at radius 2 is 1.80 bits per heavy atom. The molecule has 1 unspecified atom stereocenters. The van der Waals surface area contributed by atoms with Crippen LogP contribution in [0.5, 0.6) is 0 Å². The number of ketones is 1. The molecule has 0 bridgehead atoms. The third-order valence-electron chi connectivity index (χ3n) is 1.98. The average Bonchev–Trinajstić information content (AvgIpc) is 2.17. The lowest BCUT2D eigenvalue weighted by Gasteiger charge is -2.16. The van der Waals surface area contributed by atoms with E-state index in [1.165, 1.54) is 6.92 Å². The molecule has 0 radical (unpaired) electrons. The number of benzene rings is 1. The summed E-state index contributed by atoms with van der Waals surface area (Å²) in [6.07, 6.45) is -2.72. The van der Waals surface area contributed by atoms with Crippen molar-refractivity contribution in [2.45, 2.75) is 20.0 Å². The zero-order valence-electron chi connectivity index (χ0n) is 8.52. The van der Waals surface area contributed by atoms with Crippen molar-refractivity contribution in [1.82, 2.24) is 0 Å². The van der Waals surface area contributed by atoms with Crippen LogP contribution in [0.15, 0.2) is 24.3 Å². The van der Waals surface area contributed by atoms with E-state index in [9.17, 15) is 14.7 Å². The Kier molecular flexibility index (Phi) is 3.44. The minimum atomic E-state index is -1.69. The summed E-state index contributed by atoms with van der Waals surface area (Å²) >= 11 is 0. The summed E-state index contributed by atoms with van der Waals surface area (Å²) in [6.45, 7) is 3.27. The number of Topliss-reactive ketones (excluding diaryl/α,β-unsaturated/α-hetero) is 1. The highest BCUT2D eigenvalue weighted by Gasteiger charge is 2.13. The quantitative estimate of drug-likeness (QED) is 0.546. The van der Waals surface area contributed by atoms with Gasteiger partial charge in [-0.05, 0) is 13.8 Å².